The molecule has 0 amide bonds. The third-order valence-corrected chi connectivity index (χ3v) is 16.8. The Kier molecular flexibility index (Phi) is 9.21. The minimum atomic E-state index is -2.82. The first kappa shape index (κ1) is 34.2. The van der Waals surface area contributed by atoms with Crippen LogP contribution in [0.5, 0.6) is 11.5 Å². The summed E-state index contributed by atoms with van der Waals surface area (Å²) in [5, 5.41) is 5.87. The van der Waals surface area contributed by atoms with Crippen molar-refractivity contribution in [3.05, 3.63) is 105 Å². The van der Waals surface area contributed by atoms with Gasteiger partial charge in [0.2, 0.25) is 8.07 Å². The predicted octanol–water partition coefficient (Wildman–Crippen LogP) is 10.7. The summed E-state index contributed by atoms with van der Waals surface area (Å²) in [6, 6.07) is 23.4. The van der Waals surface area contributed by atoms with E-state index in [1.807, 2.05) is 0 Å². The van der Waals surface area contributed by atoms with Crippen molar-refractivity contribution in [2.24, 2.45) is 0 Å². The molecule has 50 heavy (non-hydrogen) atoms. The van der Waals surface area contributed by atoms with E-state index >= 15 is 0 Å². The summed E-state index contributed by atoms with van der Waals surface area (Å²) in [6.07, 6.45) is 8.33. The average Bonchev–Trinajstić information content (AvgIpc) is 3.11. The van der Waals surface area contributed by atoms with Crippen molar-refractivity contribution in [2.45, 2.75) is 99.0 Å². The van der Waals surface area contributed by atoms with Crippen molar-refractivity contribution in [3.63, 3.8) is 0 Å². The third kappa shape index (κ3) is 5.22. The lowest BCUT2D eigenvalue weighted by Crippen LogP contribution is -2.64. The highest BCUT2D eigenvalue weighted by Gasteiger charge is 2.51. The molecule has 2 aliphatic rings. The number of hydrogen-bond donors (Lipinski definition) is 0. The van der Waals surface area contributed by atoms with Crippen LogP contribution >= 0.6 is 0 Å². The first-order valence-electron chi connectivity index (χ1n) is 18.7. The largest absolute Gasteiger partial charge is 0.496 e. The number of hydrogen-bond acceptors (Lipinski definition) is 2. The molecule has 256 valence electrons. The van der Waals surface area contributed by atoms with Crippen LogP contribution in [0.3, 0.4) is 0 Å². The maximum Gasteiger partial charge on any atom is 0.204 e. The van der Waals surface area contributed by atoms with Gasteiger partial charge in [-0.15, -0.1) is 5.54 Å². The summed E-state index contributed by atoms with van der Waals surface area (Å²) in [7, 11) is 0.751. The Balaban J connectivity index is 1.72. The Morgan fingerprint density at radius 2 is 1.28 bits per heavy atom. The molecule has 0 radical (unpaired) electrons. The fourth-order valence-corrected chi connectivity index (χ4v) is 15.7. The van der Waals surface area contributed by atoms with Gasteiger partial charge in [0.15, 0.2) is 0 Å². The molecule has 0 aromatic heterocycles. The van der Waals surface area contributed by atoms with Crippen LogP contribution in [0.15, 0.2) is 60.7 Å². The van der Waals surface area contributed by atoms with Crippen LogP contribution in [-0.4, -0.2) is 22.3 Å². The lowest BCUT2D eigenvalue weighted by Gasteiger charge is -2.45. The highest BCUT2D eigenvalue weighted by Crippen LogP contribution is 2.48. The summed E-state index contributed by atoms with van der Waals surface area (Å²) in [5.41, 5.74) is 20.8. The van der Waals surface area contributed by atoms with Crippen molar-refractivity contribution in [1.82, 2.24) is 0 Å². The lowest BCUT2D eigenvalue weighted by molar-refractivity contribution is 0.408. The van der Waals surface area contributed by atoms with Crippen LogP contribution in [0, 0.1) is 46.1 Å². The first-order chi connectivity index (χ1) is 24.2. The second-order valence-corrected chi connectivity index (χ2v) is 18.5. The zero-order chi connectivity index (χ0) is 35.3. The lowest BCUT2D eigenvalue weighted by atomic mass is 9.82. The molecule has 7 rings (SSSR count). The van der Waals surface area contributed by atoms with E-state index in [1.54, 1.807) is 19.4 Å². The molecule has 0 saturated heterocycles. The molecule has 1 aliphatic carbocycles. The van der Waals surface area contributed by atoms with Crippen molar-refractivity contribution >= 4 is 29.2 Å². The fourth-order valence-electron chi connectivity index (χ4n) is 10.0. The van der Waals surface area contributed by atoms with Gasteiger partial charge in [-0.25, -0.2) is 0 Å². The molecule has 0 spiro atoms. The monoisotopic (exact) mass is 676 g/mol. The SMILES string of the molecule is CCc1c(C)c2c(c(-c3cc(C)c(OC)c(C)c3)c1CC)[Si](C#Cc1cc(C)c(OC)c(C)c1)(C1CCCCC1)c1cccc3cccc-2c13. The van der Waals surface area contributed by atoms with E-state index < -0.39 is 8.07 Å². The molecule has 3 heteroatoms. The van der Waals surface area contributed by atoms with Crippen LogP contribution in [0.2, 0.25) is 5.54 Å². The highest BCUT2D eigenvalue weighted by molar-refractivity contribution is 7.12. The average molecular weight is 677 g/mol. The zero-order valence-corrected chi connectivity index (χ0v) is 32.6. The normalized spacial score (nSPS) is 16.9. The summed E-state index contributed by atoms with van der Waals surface area (Å²) in [6.45, 7) is 15.8. The van der Waals surface area contributed by atoms with Crippen molar-refractivity contribution in [1.29, 1.82) is 0 Å². The summed E-state index contributed by atoms with van der Waals surface area (Å²) in [4.78, 5) is 0. The zero-order valence-electron chi connectivity index (χ0n) is 31.6. The number of rotatable bonds is 6. The Morgan fingerprint density at radius 3 is 1.86 bits per heavy atom. The van der Waals surface area contributed by atoms with Gasteiger partial charge in [0.05, 0.1) is 14.2 Å². The number of ether oxygens (including phenoxy) is 2. The van der Waals surface area contributed by atoms with Gasteiger partial charge >= 0.3 is 0 Å². The molecule has 5 aromatic rings. The number of benzene rings is 5. The summed E-state index contributed by atoms with van der Waals surface area (Å²) >= 11 is 0. The van der Waals surface area contributed by atoms with Gasteiger partial charge in [0.1, 0.15) is 11.5 Å². The molecule has 1 unspecified atom stereocenters. The van der Waals surface area contributed by atoms with Gasteiger partial charge in [-0.05, 0) is 160 Å². The van der Waals surface area contributed by atoms with Gasteiger partial charge in [-0.3, -0.25) is 0 Å². The van der Waals surface area contributed by atoms with Crippen molar-refractivity contribution in [3.8, 4) is 45.2 Å². The Labute approximate surface area is 301 Å². The second kappa shape index (κ2) is 13.5. The molecule has 1 heterocycles. The fraction of sp³-hybridized carbons (Fsp3) is 0.362. The Morgan fingerprint density at radius 1 is 0.700 bits per heavy atom. The topological polar surface area (TPSA) is 18.5 Å². The van der Waals surface area contributed by atoms with Crippen LogP contribution in [0.4, 0.5) is 0 Å². The standard InChI is InChI=1S/C47H52O2Si/c1-10-38-33(7)42-40-21-15-17-35-18-16-22-41(43(35)40)50(37-19-13-12-14-20-37,24-23-34-25-29(3)45(48-8)30(4)26-34)47(42)44(39(38)11-2)36-27-31(5)46(49-9)32(6)28-36/h15-18,21-22,25-28,37H,10-14,19-20H2,1-9H3. The molecular formula is C47H52O2Si. The van der Waals surface area contributed by atoms with E-state index in [0.717, 1.165) is 41.0 Å². The van der Waals surface area contributed by atoms with Gasteiger partial charge in [0, 0.05) is 5.56 Å². The smallest absolute Gasteiger partial charge is 0.204 e. The minimum absolute atomic E-state index is 0.526. The highest BCUT2D eigenvalue weighted by atomic mass is 28.3. The van der Waals surface area contributed by atoms with Crippen LogP contribution in [-0.2, 0) is 12.8 Å². The summed E-state index contributed by atoms with van der Waals surface area (Å²) in [5.74, 6) is 5.88. The molecular weight excluding hydrogens is 625 g/mol. The molecule has 1 saturated carbocycles. The second-order valence-electron chi connectivity index (χ2n) is 14.8. The van der Waals surface area contributed by atoms with E-state index in [4.69, 9.17) is 9.47 Å². The van der Waals surface area contributed by atoms with Crippen molar-refractivity contribution < 1.29 is 9.47 Å². The minimum Gasteiger partial charge on any atom is -0.496 e. The molecule has 1 aliphatic heterocycles. The van der Waals surface area contributed by atoms with E-state index in [0.29, 0.717) is 5.54 Å². The van der Waals surface area contributed by atoms with E-state index in [9.17, 15) is 0 Å². The third-order valence-electron chi connectivity index (χ3n) is 11.9. The first-order valence-corrected chi connectivity index (χ1v) is 20.8. The van der Waals surface area contributed by atoms with Crippen LogP contribution < -0.4 is 19.8 Å². The quantitative estimate of drug-likeness (QED) is 0.132. The molecule has 0 N–H and O–H groups in total. The Hall–Kier alpha value is -4.26. The van der Waals surface area contributed by atoms with Crippen molar-refractivity contribution in [2.75, 3.05) is 14.2 Å². The van der Waals surface area contributed by atoms with Gasteiger partial charge in [0.25, 0.3) is 0 Å². The van der Waals surface area contributed by atoms with Crippen LogP contribution in [0.25, 0.3) is 33.0 Å². The Bertz CT molecular complexity index is 2160. The molecule has 1 fully saturated rings. The number of methoxy groups -OCH3 is 2. The maximum absolute atomic E-state index is 5.92. The molecule has 0 bridgehead atoms. The van der Waals surface area contributed by atoms with E-state index in [1.165, 1.54) is 98.1 Å². The predicted molar refractivity (Wildman–Crippen MR) is 216 cm³/mol. The van der Waals surface area contributed by atoms with Crippen LogP contribution in [0.1, 0.15) is 90.5 Å². The van der Waals surface area contributed by atoms with Gasteiger partial charge in [-0.1, -0.05) is 88.3 Å². The van der Waals surface area contributed by atoms with E-state index in [2.05, 4.69) is 121 Å². The van der Waals surface area contributed by atoms with Gasteiger partial charge < -0.3 is 9.47 Å². The molecule has 5 aromatic carbocycles. The molecule has 2 nitrogen and oxygen atoms in total. The number of aryl methyl sites for hydroxylation is 4. The number of fused-ring (bicyclic) bond motifs is 2. The van der Waals surface area contributed by atoms with Gasteiger partial charge in [-0.2, -0.15) is 0 Å². The summed E-state index contributed by atoms with van der Waals surface area (Å²) < 4.78 is 11.7. The molecule has 1 atom stereocenters. The van der Waals surface area contributed by atoms with E-state index in [-0.39, 0.29) is 0 Å². The maximum atomic E-state index is 5.92.